The van der Waals surface area contributed by atoms with E-state index in [9.17, 15) is 10.1 Å². The summed E-state index contributed by atoms with van der Waals surface area (Å²) in [5.41, 5.74) is 4.55. The standard InChI is InChI=1S/C13H11N3O2/c17-16(18)13-8-6-12(7-9-13)15-14-10-11-4-2-1-3-5-11/h1-10,15H. The Morgan fingerprint density at radius 3 is 2.33 bits per heavy atom. The number of rotatable bonds is 4. The Hall–Kier alpha value is -2.69. The van der Waals surface area contributed by atoms with Crippen LogP contribution in [0.4, 0.5) is 11.4 Å². The maximum Gasteiger partial charge on any atom is 0.269 e. The molecule has 0 radical (unpaired) electrons. The molecule has 5 nitrogen and oxygen atoms in total. The van der Waals surface area contributed by atoms with Crippen LogP contribution >= 0.6 is 0 Å². The highest BCUT2D eigenvalue weighted by Crippen LogP contribution is 2.15. The highest BCUT2D eigenvalue weighted by atomic mass is 16.6. The first-order valence-electron chi connectivity index (χ1n) is 5.34. The molecule has 0 aliphatic rings. The average Bonchev–Trinajstić information content (AvgIpc) is 2.40. The average molecular weight is 241 g/mol. The van der Waals surface area contributed by atoms with Gasteiger partial charge in [0.05, 0.1) is 16.8 Å². The molecule has 2 aromatic carbocycles. The topological polar surface area (TPSA) is 67.5 Å². The van der Waals surface area contributed by atoms with Gasteiger partial charge < -0.3 is 0 Å². The lowest BCUT2D eigenvalue weighted by atomic mass is 10.2. The van der Waals surface area contributed by atoms with Gasteiger partial charge in [-0.05, 0) is 17.7 Å². The van der Waals surface area contributed by atoms with Gasteiger partial charge in [0.1, 0.15) is 0 Å². The number of hydrogen-bond acceptors (Lipinski definition) is 4. The summed E-state index contributed by atoms with van der Waals surface area (Å²) in [6.45, 7) is 0. The highest BCUT2D eigenvalue weighted by Gasteiger charge is 2.02. The Kier molecular flexibility index (Phi) is 3.66. The van der Waals surface area contributed by atoms with Gasteiger partial charge in [0, 0.05) is 12.1 Å². The molecule has 0 bridgehead atoms. The largest absolute Gasteiger partial charge is 0.278 e. The van der Waals surface area contributed by atoms with E-state index < -0.39 is 4.92 Å². The Morgan fingerprint density at radius 1 is 1.06 bits per heavy atom. The molecule has 0 aliphatic carbocycles. The Morgan fingerprint density at radius 2 is 1.72 bits per heavy atom. The second-order valence-electron chi connectivity index (χ2n) is 3.58. The van der Waals surface area contributed by atoms with Crippen molar-refractivity contribution in [2.45, 2.75) is 0 Å². The van der Waals surface area contributed by atoms with E-state index in [1.54, 1.807) is 18.3 Å². The van der Waals surface area contributed by atoms with Crippen LogP contribution in [0.2, 0.25) is 0 Å². The minimum atomic E-state index is -0.434. The fraction of sp³-hybridized carbons (Fsp3) is 0. The van der Waals surface area contributed by atoms with Gasteiger partial charge in [0.15, 0.2) is 0 Å². The van der Waals surface area contributed by atoms with Crippen LogP contribution in [0, 0.1) is 10.1 Å². The molecule has 0 aromatic heterocycles. The van der Waals surface area contributed by atoms with Crippen molar-refractivity contribution in [3.63, 3.8) is 0 Å². The van der Waals surface area contributed by atoms with Gasteiger partial charge >= 0.3 is 0 Å². The van der Waals surface area contributed by atoms with E-state index >= 15 is 0 Å². The minimum absolute atomic E-state index is 0.0626. The first kappa shape index (κ1) is 11.8. The van der Waals surface area contributed by atoms with Gasteiger partial charge in [-0.3, -0.25) is 15.5 Å². The number of nitrogens with one attached hydrogen (secondary N) is 1. The zero-order valence-electron chi connectivity index (χ0n) is 9.48. The lowest BCUT2D eigenvalue weighted by molar-refractivity contribution is -0.384. The zero-order chi connectivity index (χ0) is 12.8. The predicted molar refractivity (Wildman–Crippen MR) is 70.8 cm³/mol. The first-order valence-corrected chi connectivity index (χ1v) is 5.34. The molecule has 0 atom stereocenters. The summed E-state index contributed by atoms with van der Waals surface area (Å²) in [7, 11) is 0. The van der Waals surface area contributed by atoms with Crippen LogP contribution in [0.5, 0.6) is 0 Å². The monoisotopic (exact) mass is 241 g/mol. The van der Waals surface area contributed by atoms with Crippen molar-refractivity contribution < 1.29 is 4.92 Å². The molecule has 2 aromatic rings. The molecule has 0 heterocycles. The number of non-ortho nitro benzene ring substituents is 1. The van der Waals surface area contributed by atoms with Crippen molar-refractivity contribution >= 4 is 17.6 Å². The maximum atomic E-state index is 10.5. The molecule has 18 heavy (non-hydrogen) atoms. The van der Waals surface area contributed by atoms with Crippen LogP contribution in [0.1, 0.15) is 5.56 Å². The third-order valence-corrected chi connectivity index (χ3v) is 2.28. The normalized spacial score (nSPS) is 10.4. The van der Waals surface area contributed by atoms with E-state index in [0.717, 1.165) is 5.56 Å². The summed E-state index contributed by atoms with van der Waals surface area (Å²) in [5.74, 6) is 0. The summed E-state index contributed by atoms with van der Waals surface area (Å²) < 4.78 is 0. The second-order valence-corrected chi connectivity index (χ2v) is 3.58. The van der Waals surface area contributed by atoms with Gasteiger partial charge in [-0.1, -0.05) is 30.3 Å². The summed E-state index contributed by atoms with van der Waals surface area (Å²) in [4.78, 5) is 10.0. The first-order chi connectivity index (χ1) is 8.75. The number of nitro groups is 1. The summed E-state index contributed by atoms with van der Waals surface area (Å²) in [6, 6.07) is 15.7. The number of hydrogen-bond donors (Lipinski definition) is 1. The van der Waals surface area contributed by atoms with Crippen LogP contribution in [0.15, 0.2) is 59.7 Å². The van der Waals surface area contributed by atoms with Gasteiger partial charge in [0.2, 0.25) is 0 Å². The zero-order valence-corrected chi connectivity index (χ0v) is 9.48. The van der Waals surface area contributed by atoms with E-state index in [-0.39, 0.29) is 5.69 Å². The fourth-order valence-corrected chi connectivity index (χ4v) is 1.38. The van der Waals surface area contributed by atoms with Gasteiger partial charge in [0.25, 0.3) is 5.69 Å². The molecule has 0 spiro atoms. The minimum Gasteiger partial charge on any atom is -0.278 e. The molecule has 0 aliphatic heterocycles. The van der Waals surface area contributed by atoms with Crippen LogP contribution in [0.25, 0.3) is 0 Å². The molecule has 2 rings (SSSR count). The Bertz CT molecular complexity index is 550. The Labute approximate surface area is 104 Å². The lowest BCUT2D eigenvalue weighted by Crippen LogP contribution is -1.91. The third kappa shape index (κ3) is 3.15. The smallest absolute Gasteiger partial charge is 0.269 e. The maximum absolute atomic E-state index is 10.5. The van der Waals surface area contributed by atoms with Crippen molar-refractivity contribution in [1.29, 1.82) is 0 Å². The van der Waals surface area contributed by atoms with E-state index in [1.807, 2.05) is 30.3 Å². The van der Waals surface area contributed by atoms with Crippen molar-refractivity contribution in [2.75, 3.05) is 5.43 Å². The van der Waals surface area contributed by atoms with Crippen molar-refractivity contribution in [3.8, 4) is 0 Å². The molecule has 5 heteroatoms. The number of nitro benzene ring substituents is 1. The van der Waals surface area contributed by atoms with Crippen molar-refractivity contribution in [2.24, 2.45) is 5.10 Å². The number of hydrazone groups is 1. The van der Waals surface area contributed by atoms with E-state index in [2.05, 4.69) is 10.5 Å². The van der Waals surface area contributed by atoms with Crippen LogP contribution in [0.3, 0.4) is 0 Å². The van der Waals surface area contributed by atoms with Gasteiger partial charge in [-0.25, -0.2) is 0 Å². The fourth-order valence-electron chi connectivity index (χ4n) is 1.38. The third-order valence-electron chi connectivity index (χ3n) is 2.28. The number of nitrogens with zero attached hydrogens (tertiary/aromatic N) is 2. The second kappa shape index (κ2) is 5.58. The Balaban J connectivity index is 1.98. The van der Waals surface area contributed by atoms with Crippen LogP contribution in [-0.2, 0) is 0 Å². The number of benzene rings is 2. The molecular weight excluding hydrogens is 230 g/mol. The van der Waals surface area contributed by atoms with Gasteiger partial charge in [-0.15, -0.1) is 0 Å². The highest BCUT2D eigenvalue weighted by molar-refractivity contribution is 5.80. The summed E-state index contributed by atoms with van der Waals surface area (Å²) in [5, 5.41) is 14.5. The lowest BCUT2D eigenvalue weighted by Gasteiger charge is -1.99. The number of anilines is 1. The van der Waals surface area contributed by atoms with Crippen molar-refractivity contribution in [1.82, 2.24) is 0 Å². The molecule has 0 saturated carbocycles. The summed E-state index contributed by atoms with van der Waals surface area (Å²) >= 11 is 0. The van der Waals surface area contributed by atoms with E-state index in [4.69, 9.17) is 0 Å². The molecular formula is C13H11N3O2. The molecule has 90 valence electrons. The predicted octanol–water partition coefficient (Wildman–Crippen LogP) is 3.04. The van der Waals surface area contributed by atoms with E-state index in [0.29, 0.717) is 5.69 Å². The molecule has 0 unspecified atom stereocenters. The van der Waals surface area contributed by atoms with Gasteiger partial charge in [-0.2, -0.15) is 5.10 Å². The molecule has 0 amide bonds. The quantitative estimate of drug-likeness (QED) is 0.508. The molecule has 0 saturated heterocycles. The van der Waals surface area contributed by atoms with Crippen LogP contribution in [-0.4, -0.2) is 11.1 Å². The summed E-state index contributed by atoms with van der Waals surface area (Å²) in [6.07, 6.45) is 1.68. The van der Waals surface area contributed by atoms with E-state index in [1.165, 1.54) is 12.1 Å². The van der Waals surface area contributed by atoms with Crippen molar-refractivity contribution in [3.05, 3.63) is 70.3 Å². The molecule has 0 fully saturated rings. The van der Waals surface area contributed by atoms with Crippen LogP contribution < -0.4 is 5.43 Å². The SMILES string of the molecule is O=[N+]([O-])c1ccc(NN=Cc2ccccc2)cc1. The molecule has 1 N–H and O–H groups in total.